The summed E-state index contributed by atoms with van der Waals surface area (Å²) in [7, 11) is 0. The van der Waals surface area contributed by atoms with Gasteiger partial charge >= 0.3 is 0 Å². The quantitative estimate of drug-likeness (QED) is 0.588. The lowest BCUT2D eigenvalue weighted by molar-refractivity contribution is 1.27. The van der Waals surface area contributed by atoms with Crippen LogP contribution in [-0.2, 0) is 0 Å². The van der Waals surface area contributed by atoms with Gasteiger partial charge in [-0.1, -0.05) is 12.2 Å². The maximum atomic E-state index is 4.04. The van der Waals surface area contributed by atoms with Crippen LogP contribution in [0.25, 0.3) is 6.08 Å². The van der Waals surface area contributed by atoms with Crippen LogP contribution < -0.4 is 0 Å². The van der Waals surface area contributed by atoms with Crippen LogP contribution in [0.2, 0.25) is 0 Å². The van der Waals surface area contributed by atoms with E-state index in [-0.39, 0.29) is 0 Å². The predicted octanol–water partition coefficient (Wildman–Crippen LogP) is 2.45. The van der Waals surface area contributed by atoms with Crippen molar-refractivity contribution >= 4 is 18.6 Å². The van der Waals surface area contributed by atoms with Gasteiger partial charge in [0.15, 0.2) is 5.82 Å². The maximum Gasteiger partial charge on any atom is 0.158 e. The molecule has 11 heavy (non-hydrogen) atoms. The second kappa shape index (κ2) is 3.66. The minimum Gasteiger partial charge on any atom is -0.245 e. The molecule has 1 heterocycles. The maximum absolute atomic E-state index is 4.04. The van der Waals surface area contributed by atoms with Crippen molar-refractivity contribution in [1.29, 1.82) is 0 Å². The van der Waals surface area contributed by atoms with Gasteiger partial charge in [-0.3, -0.25) is 0 Å². The standard InChI is InChI=1S/C9H10N2/c1-3-5-8-6-4-7-11-9(8)10-2/h3-7H,2H2,1H3/b5-3-. The Morgan fingerprint density at radius 3 is 3.09 bits per heavy atom. The van der Waals surface area contributed by atoms with E-state index < -0.39 is 0 Å². The Labute approximate surface area is 66.3 Å². The van der Waals surface area contributed by atoms with Crippen molar-refractivity contribution in [2.75, 3.05) is 0 Å². The molecule has 1 aromatic heterocycles. The first kappa shape index (κ1) is 7.66. The third-order valence-corrected chi connectivity index (χ3v) is 1.31. The molecule has 0 aliphatic rings. The van der Waals surface area contributed by atoms with E-state index in [0.29, 0.717) is 5.82 Å². The number of aromatic nitrogens is 1. The summed E-state index contributed by atoms with van der Waals surface area (Å²) in [6.45, 7) is 5.39. The molecule has 0 amide bonds. The summed E-state index contributed by atoms with van der Waals surface area (Å²) in [5.74, 6) is 0.686. The summed E-state index contributed by atoms with van der Waals surface area (Å²) in [6.07, 6.45) is 5.61. The molecule has 0 aliphatic heterocycles. The first-order valence-electron chi connectivity index (χ1n) is 3.43. The fraction of sp³-hybridized carbons (Fsp3) is 0.111. The largest absolute Gasteiger partial charge is 0.245 e. The van der Waals surface area contributed by atoms with E-state index in [1.807, 2.05) is 31.2 Å². The van der Waals surface area contributed by atoms with Gasteiger partial charge < -0.3 is 0 Å². The molecular formula is C9H10N2. The van der Waals surface area contributed by atoms with Crippen LogP contribution in [0.5, 0.6) is 0 Å². The molecule has 0 aliphatic carbocycles. The highest BCUT2D eigenvalue weighted by Gasteiger charge is 1.93. The van der Waals surface area contributed by atoms with Crippen LogP contribution in [0.4, 0.5) is 5.82 Å². The van der Waals surface area contributed by atoms with Gasteiger partial charge in [0.2, 0.25) is 0 Å². The molecular weight excluding hydrogens is 136 g/mol. The third kappa shape index (κ3) is 1.74. The van der Waals surface area contributed by atoms with Crippen LogP contribution >= 0.6 is 0 Å². The molecule has 0 unspecified atom stereocenters. The van der Waals surface area contributed by atoms with Crippen LogP contribution in [0.15, 0.2) is 29.4 Å². The summed E-state index contributed by atoms with van der Waals surface area (Å²) in [6, 6.07) is 3.83. The van der Waals surface area contributed by atoms with Gasteiger partial charge in [0.05, 0.1) is 0 Å². The van der Waals surface area contributed by atoms with E-state index in [1.54, 1.807) is 6.20 Å². The normalized spacial score (nSPS) is 10.3. The SMILES string of the molecule is C=Nc1ncccc1/C=C\C. The monoisotopic (exact) mass is 146 g/mol. The van der Waals surface area contributed by atoms with Crippen LogP contribution in [0, 0.1) is 0 Å². The van der Waals surface area contributed by atoms with Gasteiger partial charge in [-0.2, -0.15) is 0 Å². The molecule has 0 atom stereocenters. The number of allylic oxidation sites excluding steroid dienone is 1. The molecule has 2 heteroatoms. The minimum absolute atomic E-state index is 0.686. The van der Waals surface area contributed by atoms with Crippen molar-refractivity contribution in [1.82, 2.24) is 4.98 Å². The smallest absolute Gasteiger partial charge is 0.158 e. The van der Waals surface area contributed by atoms with Gasteiger partial charge in [0.1, 0.15) is 0 Å². The summed E-state index contributed by atoms with van der Waals surface area (Å²) >= 11 is 0. The van der Waals surface area contributed by atoms with E-state index >= 15 is 0 Å². The highest BCUT2D eigenvalue weighted by molar-refractivity contribution is 5.61. The summed E-state index contributed by atoms with van der Waals surface area (Å²) < 4.78 is 0. The summed E-state index contributed by atoms with van der Waals surface area (Å²) in [4.78, 5) is 7.81. The molecule has 0 N–H and O–H groups in total. The molecule has 0 fully saturated rings. The lowest BCUT2D eigenvalue weighted by Gasteiger charge is -1.95. The zero-order valence-corrected chi connectivity index (χ0v) is 6.49. The molecule has 1 aromatic rings. The minimum atomic E-state index is 0.686. The number of rotatable bonds is 2. The number of hydrogen-bond acceptors (Lipinski definition) is 2. The average molecular weight is 146 g/mol. The van der Waals surface area contributed by atoms with E-state index in [0.717, 1.165) is 5.56 Å². The highest BCUT2D eigenvalue weighted by Crippen LogP contribution is 2.15. The molecule has 0 aromatic carbocycles. The number of hydrogen-bond donors (Lipinski definition) is 0. The molecule has 0 saturated carbocycles. The third-order valence-electron chi connectivity index (χ3n) is 1.31. The second-order valence-corrected chi connectivity index (χ2v) is 2.07. The fourth-order valence-electron chi connectivity index (χ4n) is 0.851. The van der Waals surface area contributed by atoms with Gasteiger partial charge in [-0.25, -0.2) is 9.98 Å². The average Bonchev–Trinajstić information content (AvgIpc) is 2.06. The molecule has 0 bridgehead atoms. The zero-order valence-electron chi connectivity index (χ0n) is 6.49. The second-order valence-electron chi connectivity index (χ2n) is 2.07. The van der Waals surface area contributed by atoms with Gasteiger partial charge in [-0.15, -0.1) is 0 Å². The van der Waals surface area contributed by atoms with Gasteiger partial charge in [0, 0.05) is 11.8 Å². The Kier molecular flexibility index (Phi) is 2.55. The molecule has 56 valence electrons. The molecule has 2 nitrogen and oxygen atoms in total. The Morgan fingerprint density at radius 1 is 1.64 bits per heavy atom. The summed E-state index contributed by atoms with van der Waals surface area (Å²) in [5, 5.41) is 0. The van der Waals surface area contributed by atoms with Gasteiger partial charge in [0.25, 0.3) is 0 Å². The molecule has 0 spiro atoms. The van der Waals surface area contributed by atoms with Crippen LogP contribution in [0.1, 0.15) is 12.5 Å². The Morgan fingerprint density at radius 2 is 2.45 bits per heavy atom. The molecule has 0 saturated heterocycles. The van der Waals surface area contributed by atoms with E-state index in [4.69, 9.17) is 0 Å². The molecule has 1 rings (SSSR count). The lowest BCUT2D eigenvalue weighted by Crippen LogP contribution is -1.77. The number of aliphatic imine (C=N–C) groups is 1. The van der Waals surface area contributed by atoms with Crippen LogP contribution in [-0.4, -0.2) is 11.7 Å². The van der Waals surface area contributed by atoms with E-state index in [2.05, 4.69) is 16.7 Å². The van der Waals surface area contributed by atoms with E-state index in [9.17, 15) is 0 Å². The Balaban J connectivity index is 3.11. The van der Waals surface area contributed by atoms with Crippen molar-refractivity contribution in [3.05, 3.63) is 30.0 Å². The number of nitrogens with zero attached hydrogens (tertiary/aromatic N) is 2. The zero-order chi connectivity index (χ0) is 8.10. The first-order valence-corrected chi connectivity index (χ1v) is 3.43. The van der Waals surface area contributed by atoms with Crippen molar-refractivity contribution in [3.8, 4) is 0 Å². The number of pyridine rings is 1. The van der Waals surface area contributed by atoms with Crippen molar-refractivity contribution < 1.29 is 0 Å². The lowest BCUT2D eigenvalue weighted by atomic mass is 10.2. The van der Waals surface area contributed by atoms with E-state index in [1.165, 1.54) is 0 Å². The van der Waals surface area contributed by atoms with Gasteiger partial charge in [-0.05, 0) is 25.8 Å². The van der Waals surface area contributed by atoms with Crippen molar-refractivity contribution in [3.63, 3.8) is 0 Å². The Bertz CT molecular complexity index is 277. The first-order chi connectivity index (χ1) is 5.38. The molecule has 0 radical (unpaired) electrons. The summed E-state index contributed by atoms with van der Waals surface area (Å²) in [5.41, 5.74) is 1.00. The predicted molar refractivity (Wildman–Crippen MR) is 48.2 cm³/mol. The fourth-order valence-corrected chi connectivity index (χ4v) is 0.851. The van der Waals surface area contributed by atoms with Crippen LogP contribution in [0.3, 0.4) is 0 Å². The Hall–Kier alpha value is -1.44. The van der Waals surface area contributed by atoms with Crippen molar-refractivity contribution in [2.45, 2.75) is 6.92 Å². The topological polar surface area (TPSA) is 25.2 Å². The highest BCUT2D eigenvalue weighted by atomic mass is 14.9. The van der Waals surface area contributed by atoms with Crippen molar-refractivity contribution in [2.24, 2.45) is 4.99 Å².